The van der Waals surface area contributed by atoms with Gasteiger partial charge in [-0.05, 0) is 37.1 Å². The largest absolute Gasteiger partial charge is 0.497 e. The molecule has 10 heteroatoms. The minimum absolute atomic E-state index is 0.0818. The molecular formula is C18H24N2O6S2. The van der Waals surface area contributed by atoms with Gasteiger partial charge in [-0.1, -0.05) is 12.1 Å². The molecule has 2 aromatic carbocycles. The quantitative estimate of drug-likeness (QED) is 0.587. The molecule has 0 spiro atoms. The second kappa shape index (κ2) is 8.91. The zero-order chi connectivity index (χ0) is 20.9. The van der Waals surface area contributed by atoms with Crippen LogP contribution in [0, 0.1) is 13.8 Å². The van der Waals surface area contributed by atoms with Crippen LogP contribution in [0.1, 0.15) is 11.1 Å². The summed E-state index contributed by atoms with van der Waals surface area (Å²) in [5.74, 6) is 0.834. The minimum Gasteiger partial charge on any atom is -0.497 e. The van der Waals surface area contributed by atoms with Crippen LogP contribution in [0.3, 0.4) is 0 Å². The summed E-state index contributed by atoms with van der Waals surface area (Å²) < 4.78 is 64.9. The Balaban J connectivity index is 2.05. The molecule has 2 aromatic rings. The van der Waals surface area contributed by atoms with Crippen molar-refractivity contribution in [2.45, 2.75) is 23.6 Å². The van der Waals surface area contributed by atoms with Gasteiger partial charge in [0.25, 0.3) is 0 Å². The molecule has 0 aliphatic heterocycles. The Morgan fingerprint density at radius 1 is 0.714 bits per heavy atom. The Hall–Kier alpha value is -2.14. The third kappa shape index (κ3) is 5.22. The number of nitrogens with one attached hydrogen (secondary N) is 2. The van der Waals surface area contributed by atoms with Gasteiger partial charge < -0.3 is 9.47 Å². The van der Waals surface area contributed by atoms with Crippen LogP contribution in [0.15, 0.2) is 46.2 Å². The lowest BCUT2D eigenvalue weighted by molar-refractivity contribution is 0.413. The Morgan fingerprint density at radius 2 is 1.07 bits per heavy atom. The van der Waals surface area contributed by atoms with Gasteiger partial charge in [-0.15, -0.1) is 0 Å². The molecule has 0 heterocycles. The third-order valence-corrected chi connectivity index (χ3v) is 7.28. The molecule has 0 saturated heterocycles. The van der Waals surface area contributed by atoms with Crippen LogP contribution >= 0.6 is 0 Å². The molecule has 0 aliphatic rings. The first-order chi connectivity index (χ1) is 13.1. The van der Waals surface area contributed by atoms with Crippen molar-refractivity contribution in [3.8, 4) is 11.5 Å². The van der Waals surface area contributed by atoms with Crippen molar-refractivity contribution in [3.63, 3.8) is 0 Å². The fraction of sp³-hybridized carbons (Fsp3) is 0.333. The van der Waals surface area contributed by atoms with Gasteiger partial charge in [0.05, 0.1) is 24.0 Å². The van der Waals surface area contributed by atoms with Gasteiger partial charge >= 0.3 is 0 Å². The highest BCUT2D eigenvalue weighted by Gasteiger charge is 2.20. The van der Waals surface area contributed by atoms with Crippen LogP contribution in [-0.2, 0) is 20.0 Å². The summed E-state index contributed by atoms with van der Waals surface area (Å²) in [6.45, 7) is 3.12. The Morgan fingerprint density at radius 3 is 1.39 bits per heavy atom. The summed E-state index contributed by atoms with van der Waals surface area (Å²) in [5.41, 5.74) is 1.11. The molecule has 28 heavy (non-hydrogen) atoms. The molecule has 2 rings (SSSR count). The number of methoxy groups -OCH3 is 2. The summed E-state index contributed by atoms with van der Waals surface area (Å²) in [6, 6.07) is 9.45. The van der Waals surface area contributed by atoms with E-state index in [0.29, 0.717) is 22.6 Å². The first kappa shape index (κ1) is 22.2. The lowest BCUT2D eigenvalue weighted by Crippen LogP contribution is -2.35. The number of sulfonamides is 2. The van der Waals surface area contributed by atoms with Crippen LogP contribution in [-0.4, -0.2) is 44.1 Å². The van der Waals surface area contributed by atoms with Crippen molar-refractivity contribution in [2.75, 3.05) is 27.3 Å². The maximum atomic E-state index is 12.5. The summed E-state index contributed by atoms with van der Waals surface area (Å²) in [7, 11) is -4.72. The number of hydrogen-bond donors (Lipinski definition) is 2. The summed E-state index contributed by atoms with van der Waals surface area (Å²) in [4.78, 5) is 0.164. The SMILES string of the molecule is COc1ccc(C)c(S(=O)(=O)NCCNS(=O)(=O)c2cc(OC)ccc2C)c1. The van der Waals surface area contributed by atoms with Crippen LogP contribution < -0.4 is 18.9 Å². The first-order valence-electron chi connectivity index (χ1n) is 8.39. The molecule has 0 fully saturated rings. The highest BCUT2D eigenvalue weighted by Crippen LogP contribution is 2.22. The predicted molar refractivity (Wildman–Crippen MR) is 106 cm³/mol. The van der Waals surface area contributed by atoms with E-state index in [4.69, 9.17) is 9.47 Å². The number of rotatable bonds is 9. The van der Waals surface area contributed by atoms with Crippen LogP contribution in [0.25, 0.3) is 0 Å². The van der Waals surface area contributed by atoms with Crippen molar-refractivity contribution < 1.29 is 26.3 Å². The predicted octanol–water partition coefficient (Wildman–Crippen LogP) is 1.58. The summed E-state index contributed by atoms with van der Waals surface area (Å²) in [5, 5.41) is 0. The average Bonchev–Trinajstić information content (AvgIpc) is 2.66. The van der Waals surface area contributed by atoms with E-state index in [1.807, 2.05) is 0 Å². The average molecular weight is 429 g/mol. The molecule has 0 aromatic heterocycles. The fourth-order valence-corrected chi connectivity index (χ4v) is 5.10. The van der Waals surface area contributed by atoms with Crippen LogP contribution in [0.5, 0.6) is 11.5 Å². The van der Waals surface area contributed by atoms with Crippen molar-refractivity contribution in [1.29, 1.82) is 0 Å². The lowest BCUT2D eigenvalue weighted by Gasteiger charge is -2.13. The Kier molecular flexibility index (Phi) is 7.05. The Bertz CT molecular complexity index is 964. The van der Waals surface area contributed by atoms with Gasteiger partial charge in [0, 0.05) is 25.2 Å². The van der Waals surface area contributed by atoms with E-state index in [1.165, 1.54) is 26.4 Å². The number of hydrogen-bond acceptors (Lipinski definition) is 6. The molecule has 0 radical (unpaired) electrons. The smallest absolute Gasteiger partial charge is 0.241 e. The molecule has 0 saturated carbocycles. The maximum Gasteiger partial charge on any atom is 0.241 e. The molecule has 0 bridgehead atoms. The Labute approximate surface area is 166 Å². The van der Waals surface area contributed by atoms with Crippen molar-refractivity contribution >= 4 is 20.0 Å². The zero-order valence-electron chi connectivity index (χ0n) is 16.1. The maximum absolute atomic E-state index is 12.5. The highest BCUT2D eigenvalue weighted by molar-refractivity contribution is 7.90. The van der Waals surface area contributed by atoms with Gasteiger partial charge in [-0.2, -0.15) is 0 Å². The van der Waals surface area contributed by atoms with E-state index in [9.17, 15) is 16.8 Å². The van der Waals surface area contributed by atoms with Gasteiger partial charge in [-0.3, -0.25) is 0 Å². The van der Waals surface area contributed by atoms with Crippen molar-refractivity contribution in [3.05, 3.63) is 47.5 Å². The summed E-state index contributed by atoms with van der Waals surface area (Å²) >= 11 is 0. The van der Waals surface area contributed by atoms with E-state index < -0.39 is 20.0 Å². The van der Waals surface area contributed by atoms with E-state index in [-0.39, 0.29) is 22.9 Å². The molecule has 2 N–H and O–H groups in total. The van der Waals surface area contributed by atoms with Crippen molar-refractivity contribution in [2.24, 2.45) is 0 Å². The van der Waals surface area contributed by atoms with Gasteiger partial charge in [0.2, 0.25) is 20.0 Å². The number of ether oxygens (including phenoxy) is 2. The topological polar surface area (TPSA) is 111 Å². The molecule has 0 unspecified atom stereocenters. The lowest BCUT2D eigenvalue weighted by atomic mass is 10.2. The van der Waals surface area contributed by atoms with Gasteiger partial charge in [-0.25, -0.2) is 26.3 Å². The molecule has 0 atom stereocenters. The molecule has 0 aliphatic carbocycles. The van der Waals surface area contributed by atoms with E-state index in [1.54, 1.807) is 38.1 Å². The van der Waals surface area contributed by atoms with Gasteiger partial charge in [0.15, 0.2) is 0 Å². The first-order valence-corrected chi connectivity index (χ1v) is 11.4. The van der Waals surface area contributed by atoms with Crippen LogP contribution in [0.4, 0.5) is 0 Å². The number of benzene rings is 2. The van der Waals surface area contributed by atoms with Crippen molar-refractivity contribution in [1.82, 2.24) is 9.44 Å². The molecule has 0 amide bonds. The third-order valence-electron chi connectivity index (χ3n) is 4.08. The monoisotopic (exact) mass is 428 g/mol. The van der Waals surface area contributed by atoms with Crippen LogP contribution in [0.2, 0.25) is 0 Å². The molecular weight excluding hydrogens is 404 g/mol. The molecule has 154 valence electrons. The fourth-order valence-electron chi connectivity index (χ4n) is 2.52. The minimum atomic E-state index is -3.81. The van der Waals surface area contributed by atoms with E-state index >= 15 is 0 Å². The van der Waals surface area contributed by atoms with Gasteiger partial charge in [0.1, 0.15) is 11.5 Å². The zero-order valence-corrected chi connectivity index (χ0v) is 17.8. The summed E-state index contributed by atoms with van der Waals surface area (Å²) in [6.07, 6.45) is 0. The highest BCUT2D eigenvalue weighted by atomic mass is 32.2. The normalized spacial score (nSPS) is 12.0. The second-order valence-corrected chi connectivity index (χ2v) is 9.53. The number of aryl methyl sites for hydroxylation is 2. The molecule has 8 nitrogen and oxygen atoms in total. The van der Waals surface area contributed by atoms with E-state index in [0.717, 1.165) is 0 Å². The van der Waals surface area contributed by atoms with E-state index in [2.05, 4.69) is 9.44 Å². The standard InChI is InChI=1S/C18H24N2O6S2/c1-13-5-7-15(25-3)11-17(13)27(21,22)19-9-10-20-28(23,24)18-12-16(26-4)8-6-14(18)2/h5-8,11-12,19-20H,9-10H2,1-4H3. The second-order valence-electron chi connectivity index (χ2n) is 6.06.